The molecule has 0 aliphatic heterocycles. The first-order chi connectivity index (χ1) is 14.3. The Morgan fingerprint density at radius 1 is 1.20 bits per heavy atom. The molecule has 0 amide bonds. The third-order valence-electron chi connectivity index (χ3n) is 5.73. The molecule has 0 fully saturated rings. The van der Waals surface area contributed by atoms with Crippen molar-refractivity contribution in [3.8, 4) is 6.07 Å². The third kappa shape index (κ3) is 4.55. The fourth-order valence-electron chi connectivity index (χ4n) is 3.82. The molecule has 2 heterocycles. The van der Waals surface area contributed by atoms with Crippen LogP contribution in [0.4, 0.5) is 5.00 Å². The molecule has 5 heteroatoms. The average Bonchev–Trinajstić information content (AvgIpc) is 3.30. The van der Waals surface area contributed by atoms with Crippen LogP contribution in [0, 0.1) is 29.6 Å². The molecule has 3 aromatic rings. The number of aliphatic imine (C=N–C) groups is 1. The minimum atomic E-state index is 0.289. The van der Waals surface area contributed by atoms with E-state index in [4.69, 9.17) is 4.42 Å². The van der Waals surface area contributed by atoms with Crippen molar-refractivity contribution in [2.75, 3.05) is 0 Å². The second kappa shape index (κ2) is 8.45. The van der Waals surface area contributed by atoms with Gasteiger partial charge in [0.25, 0.3) is 0 Å². The number of benzene rings is 1. The summed E-state index contributed by atoms with van der Waals surface area (Å²) in [7, 11) is 0. The molecule has 0 bridgehead atoms. The van der Waals surface area contributed by atoms with E-state index in [1.165, 1.54) is 16.0 Å². The van der Waals surface area contributed by atoms with Crippen molar-refractivity contribution in [2.24, 2.45) is 16.3 Å². The molecule has 0 saturated heterocycles. The maximum Gasteiger partial charge on any atom is 0.165 e. The van der Waals surface area contributed by atoms with Crippen LogP contribution >= 0.6 is 23.1 Å². The Hall–Kier alpha value is -2.29. The minimum absolute atomic E-state index is 0.289. The molecule has 3 nitrogen and oxygen atoms in total. The fourth-order valence-corrected chi connectivity index (χ4v) is 5.82. The van der Waals surface area contributed by atoms with Crippen molar-refractivity contribution in [3.05, 3.63) is 63.7 Å². The van der Waals surface area contributed by atoms with E-state index in [-0.39, 0.29) is 5.41 Å². The predicted molar refractivity (Wildman–Crippen MR) is 125 cm³/mol. The highest BCUT2D eigenvalue weighted by Gasteiger charge is 2.32. The lowest BCUT2D eigenvalue weighted by Gasteiger charge is -2.33. The van der Waals surface area contributed by atoms with Crippen molar-refractivity contribution in [1.82, 2.24) is 0 Å². The van der Waals surface area contributed by atoms with Gasteiger partial charge in [0.05, 0.1) is 11.8 Å². The van der Waals surface area contributed by atoms with Gasteiger partial charge in [-0.3, -0.25) is 0 Å². The van der Waals surface area contributed by atoms with Gasteiger partial charge in [0, 0.05) is 9.77 Å². The molecule has 1 atom stereocenters. The normalized spacial score (nSPS) is 16.6. The summed E-state index contributed by atoms with van der Waals surface area (Å²) in [4.78, 5) is 7.12. The van der Waals surface area contributed by atoms with Crippen molar-refractivity contribution in [3.63, 3.8) is 0 Å². The van der Waals surface area contributed by atoms with Crippen LogP contribution in [0.5, 0.6) is 0 Å². The lowest BCUT2D eigenvalue weighted by Crippen LogP contribution is -2.26. The van der Waals surface area contributed by atoms with Gasteiger partial charge >= 0.3 is 0 Å². The van der Waals surface area contributed by atoms with E-state index in [2.05, 4.69) is 63.0 Å². The van der Waals surface area contributed by atoms with Crippen LogP contribution in [-0.4, -0.2) is 6.21 Å². The molecule has 1 aromatic carbocycles. The molecular formula is C25H26N2OS2. The van der Waals surface area contributed by atoms with E-state index in [0.29, 0.717) is 11.7 Å². The highest BCUT2D eigenvalue weighted by molar-refractivity contribution is 7.99. The van der Waals surface area contributed by atoms with Gasteiger partial charge in [0.2, 0.25) is 0 Å². The first kappa shape index (κ1) is 21.0. The first-order valence-corrected chi connectivity index (χ1v) is 11.9. The summed E-state index contributed by atoms with van der Waals surface area (Å²) in [6.07, 6.45) is 4.90. The van der Waals surface area contributed by atoms with Crippen molar-refractivity contribution < 1.29 is 4.42 Å². The smallest absolute Gasteiger partial charge is 0.165 e. The van der Waals surface area contributed by atoms with Gasteiger partial charge in [-0.25, -0.2) is 4.99 Å². The lowest BCUT2D eigenvalue weighted by molar-refractivity contribution is 0.218. The van der Waals surface area contributed by atoms with Gasteiger partial charge in [-0.05, 0) is 67.3 Å². The summed E-state index contributed by atoms with van der Waals surface area (Å²) in [6.45, 7) is 9.01. The predicted octanol–water partition coefficient (Wildman–Crippen LogP) is 7.57. The largest absolute Gasteiger partial charge is 0.449 e. The van der Waals surface area contributed by atoms with Crippen LogP contribution in [0.25, 0.3) is 0 Å². The molecule has 4 rings (SSSR count). The Kier molecular flexibility index (Phi) is 5.90. The van der Waals surface area contributed by atoms with Gasteiger partial charge in [-0.2, -0.15) is 5.26 Å². The molecule has 0 radical (unpaired) electrons. The van der Waals surface area contributed by atoms with E-state index in [1.807, 2.05) is 12.1 Å². The summed E-state index contributed by atoms with van der Waals surface area (Å²) >= 11 is 3.26. The Morgan fingerprint density at radius 3 is 2.67 bits per heavy atom. The van der Waals surface area contributed by atoms with E-state index in [1.54, 1.807) is 29.3 Å². The van der Waals surface area contributed by atoms with E-state index < -0.39 is 0 Å². The summed E-state index contributed by atoms with van der Waals surface area (Å²) in [6, 6.07) is 14.7. The van der Waals surface area contributed by atoms with E-state index >= 15 is 0 Å². The fraction of sp³-hybridized carbons (Fsp3) is 0.360. The Bertz CT molecular complexity index is 1110. The van der Waals surface area contributed by atoms with E-state index in [9.17, 15) is 5.26 Å². The van der Waals surface area contributed by atoms with Crippen molar-refractivity contribution >= 4 is 34.3 Å². The maximum atomic E-state index is 9.73. The second-order valence-corrected chi connectivity index (χ2v) is 11.1. The average molecular weight is 435 g/mol. The number of nitriles is 1. The Labute approximate surface area is 186 Å². The molecule has 1 aliphatic carbocycles. The molecule has 154 valence electrons. The monoisotopic (exact) mass is 434 g/mol. The van der Waals surface area contributed by atoms with E-state index in [0.717, 1.165) is 39.8 Å². The zero-order valence-electron chi connectivity index (χ0n) is 17.9. The Morgan fingerprint density at radius 2 is 1.97 bits per heavy atom. The number of hydrogen-bond donors (Lipinski definition) is 0. The summed E-state index contributed by atoms with van der Waals surface area (Å²) in [5.41, 5.74) is 3.49. The number of nitrogens with zero attached hydrogens (tertiary/aromatic N) is 2. The van der Waals surface area contributed by atoms with Crippen LogP contribution in [-0.2, 0) is 12.8 Å². The third-order valence-corrected chi connectivity index (χ3v) is 7.82. The zero-order valence-corrected chi connectivity index (χ0v) is 19.5. The SMILES string of the molecule is Cc1ccc(Sc2ccc(C=Nc3sc4c(c3C#N)CC[C@@H](C(C)(C)C)C4)o2)cc1. The molecular weight excluding hydrogens is 408 g/mol. The Balaban J connectivity index is 1.51. The first-order valence-electron chi connectivity index (χ1n) is 10.3. The number of hydrogen-bond acceptors (Lipinski definition) is 5. The number of rotatable bonds is 4. The molecule has 1 aliphatic rings. The highest BCUT2D eigenvalue weighted by atomic mass is 32.2. The van der Waals surface area contributed by atoms with Gasteiger partial charge < -0.3 is 4.42 Å². The number of furan rings is 1. The number of fused-ring (bicyclic) bond motifs is 1. The van der Waals surface area contributed by atoms with Crippen LogP contribution < -0.4 is 0 Å². The molecule has 0 N–H and O–H groups in total. The number of thiophene rings is 1. The lowest BCUT2D eigenvalue weighted by atomic mass is 9.72. The quantitative estimate of drug-likeness (QED) is 0.398. The topological polar surface area (TPSA) is 49.3 Å². The van der Waals surface area contributed by atoms with Gasteiger partial charge in [-0.1, -0.05) is 50.2 Å². The van der Waals surface area contributed by atoms with Crippen molar-refractivity contribution in [2.45, 2.75) is 56.9 Å². The molecule has 30 heavy (non-hydrogen) atoms. The van der Waals surface area contributed by atoms with Crippen LogP contribution in [0.2, 0.25) is 0 Å². The summed E-state index contributed by atoms with van der Waals surface area (Å²) in [5.74, 6) is 1.35. The van der Waals surface area contributed by atoms with Gasteiger partial charge in [-0.15, -0.1) is 11.3 Å². The summed E-state index contributed by atoms with van der Waals surface area (Å²) in [5, 5.41) is 11.4. The zero-order chi connectivity index (χ0) is 21.3. The second-order valence-electron chi connectivity index (χ2n) is 8.93. The molecule has 0 saturated carbocycles. The minimum Gasteiger partial charge on any atom is -0.449 e. The van der Waals surface area contributed by atoms with Gasteiger partial charge in [0.15, 0.2) is 5.09 Å². The molecule has 2 aromatic heterocycles. The molecule has 0 unspecified atom stereocenters. The van der Waals surface area contributed by atoms with Crippen LogP contribution in [0.3, 0.4) is 0 Å². The van der Waals surface area contributed by atoms with Gasteiger partial charge in [0.1, 0.15) is 16.8 Å². The molecule has 0 spiro atoms. The van der Waals surface area contributed by atoms with Crippen molar-refractivity contribution in [1.29, 1.82) is 5.26 Å². The highest BCUT2D eigenvalue weighted by Crippen LogP contribution is 2.44. The number of aryl methyl sites for hydroxylation is 1. The van der Waals surface area contributed by atoms with Crippen LogP contribution in [0.1, 0.15) is 54.5 Å². The maximum absolute atomic E-state index is 9.73. The standard InChI is InChI=1S/C25H26N2OS2/c1-16-5-9-19(10-6-16)29-23-12-8-18(28-23)15-27-24-21(14-26)20-11-7-17(25(2,3)4)13-22(20)30-24/h5-6,8-10,12,15,17H,7,11,13H2,1-4H3/t17-/m1/s1. The summed E-state index contributed by atoms with van der Waals surface area (Å²) < 4.78 is 5.91. The van der Waals surface area contributed by atoms with Crippen LogP contribution in [0.15, 0.2) is 55.8 Å².